The van der Waals surface area contributed by atoms with Gasteiger partial charge in [0.25, 0.3) is 0 Å². The van der Waals surface area contributed by atoms with Gasteiger partial charge in [-0.15, -0.1) is 10.2 Å². The highest BCUT2D eigenvalue weighted by atomic mass is 32.2. The lowest BCUT2D eigenvalue weighted by Gasteiger charge is -2.34. The molecule has 1 fully saturated rings. The van der Waals surface area contributed by atoms with Crippen LogP contribution in [0.15, 0.2) is 59.6 Å². The molecule has 0 aliphatic carbocycles. The molecule has 0 atom stereocenters. The molecule has 11 heteroatoms. The normalized spacial score (nSPS) is 15.2. The van der Waals surface area contributed by atoms with Crippen molar-refractivity contribution in [2.24, 2.45) is 0 Å². The molecule has 0 radical (unpaired) electrons. The van der Waals surface area contributed by atoms with Gasteiger partial charge in [0, 0.05) is 32.4 Å². The summed E-state index contributed by atoms with van der Waals surface area (Å²) < 4.78 is 53.2. The topological polar surface area (TPSA) is 91.3 Å². The monoisotopic (exact) mass is 432 g/mol. The van der Waals surface area contributed by atoms with E-state index in [0.29, 0.717) is 36.6 Å². The van der Waals surface area contributed by atoms with Gasteiger partial charge in [-0.2, -0.15) is 4.31 Å². The van der Waals surface area contributed by atoms with Crippen molar-refractivity contribution in [1.29, 1.82) is 0 Å². The predicted molar refractivity (Wildman–Crippen MR) is 107 cm³/mol. The summed E-state index contributed by atoms with van der Waals surface area (Å²) >= 11 is 0. The lowest BCUT2D eigenvalue weighted by atomic mass is 10.3. The zero-order chi connectivity index (χ0) is 21.1. The molecule has 1 aromatic carbocycles. The number of rotatable bonds is 5. The molecular formula is C19H18F2N6O2S. The Bertz CT molecular complexity index is 1120. The third kappa shape index (κ3) is 4.21. The molecule has 3 heterocycles. The first kappa shape index (κ1) is 20.1. The maximum atomic E-state index is 13.4. The summed E-state index contributed by atoms with van der Waals surface area (Å²) in [6, 6.07) is 11.6. The molecule has 156 valence electrons. The van der Waals surface area contributed by atoms with Crippen molar-refractivity contribution in [2.45, 2.75) is 4.90 Å². The van der Waals surface area contributed by atoms with E-state index in [-0.39, 0.29) is 18.0 Å². The number of nitrogens with one attached hydrogen (secondary N) is 1. The van der Waals surface area contributed by atoms with Gasteiger partial charge in [0.1, 0.15) is 5.82 Å². The SMILES string of the molecule is O=S(=O)(c1ccc(F)c(F)c1)N1CCN(c2ccc(Nc3ccccn3)nn2)CC1. The minimum Gasteiger partial charge on any atom is -0.352 e. The van der Waals surface area contributed by atoms with Gasteiger partial charge in [0.2, 0.25) is 10.0 Å². The molecule has 0 unspecified atom stereocenters. The Morgan fingerprint density at radius 1 is 0.867 bits per heavy atom. The van der Waals surface area contributed by atoms with E-state index in [1.165, 1.54) is 4.31 Å². The van der Waals surface area contributed by atoms with E-state index < -0.39 is 21.7 Å². The van der Waals surface area contributed by atoms with Crippen LogP contribution in [-0.2, 0) is 10.0 Å². The van der Waals surface area contributed by atoms with Crippen molar-refractivity contribution in [3.8, 4) is 0 Å². The molecule has 3 aromatic rings. The molecule has 8 nitrogen and oxygen atoms in total. The van der Waals surface area contributed by atoms with E-state index in [2.05, 4.69) is 20.5 Å². The number of benzene rings is 1. The predicted octanol–water partition coefficient (Wildman–Crippen LogP) is 2.40. The van der Waals surface area contributed by atoms with Crippen LogP contribution in [-0.4, -0.2) is 54.1 Å². The van der Waals surface area contributed by atoms with Crippen LogP contribution >= 0.6 is 0 Å². The average molecular weight is 432 g/mol. The van der Waals surface area contributed by atoms with Crippen molar-refractivity contribution in [2.75, 3.05) is 36.4 Å². The van der Waals surface area contributed by atoms with Gasteiger partial charge in [0.15, 0.2) is 23.3 Å². The first-order valence-corrected chi connectivity index (χ1v) is 10.6. The summed E-state index contributed by atoms with van der Waals surface area (Å²) in [5, 5.41) is 11.4. The summed E-state index contributed by atoms with van der Waals surface area (Å²) in [6.07, 6.45) is 1.66. The maximum absolute atomic E-state index is 13.4. The van der Waals surface area contributed by atoms with Crippen LogP contribution in [0.3, 0.4) is 0 Å². The van der Waals surface area contributed by atoms with Gasteiger partial charge >= 0.3 is 0 Å². The van der Waals surface area contributed by atoms with Crippen molar-refractivity contribution in [3.63, 3.8) is 0 Å². The molecule has 0 saturated carbocycles. The number of anilines is 3. The minimum absolute atomic E-state index is 0.191. The first-order valence-electron chi connectivity index (χ1n) is 9.15. The standard InChI is InChI=1S/C19H18F2N6O2S/c20-15-5-4-14(13-16(15)21)30(28,29)27-11-9-26(10-12-27)19-7-6-18(24-25-19)23-17-3-1-2-8-22-17/h1-8,13H,9-12H2,(H,22,23,24). The van der Waals surface area contributed by atoms with Gasteiger partial charge in [-0.1, -0.05) is 6.07 Å². The third-order valence-electron chi connectivity index (χ3n) is 4.66. The molecule has 1 aliphatic heterocycles. The Morgan fingerprint density at radius 3 is 2.30 bits per heavy atom. The number of halogens is 2. The lowest BCUT2D eigenvalue weighted by molar-refractivity contribution is 0.383. The molecule has 30 heavy (non-hydrogen) atoms. The lowest BCUT2D eigenvalue weighted by Crippen LogP contribution is -2.49. The van der Waals surface area contributed by atoms with Crippen LogP contribution in [0.2, 0.25) is 0 Å². The zero-order valence-corrected chi connectivity index (χ0v) is 16.6. The van der Waals surface area contributed by atoms with Crippen LogP contribution < -0.4 is 10.2 Å². The second-order valence-electron chi connectivity index (χ2n) is 6.58. The minimum atomic E-state index is -3.90. The number of sulfonamides is 1. The van der Waals surface area contributed by atoms with Gasteiger partial charge in [-0.25, -0.2) is 22.2 Å². The van der Waals surface area contributed by atoms with Crippen molar-refractivity contribution >= 4 is 27.5 Å². The van der Waals surface area contributed by atoms with Gasteiger partial charge in [0.05, 0.1) is 4.90 Å². The fourth-order valence-corrected chi connectivity index (χ4v) is 4.51. The van der Waals surface area contributed by atoms with Crippen molar-refractivity contribution in [1.82, 2.24) is 19.5 Å². The van der Waals surface area contributed by atoms with E-state index in [0.717, 1.165) is 12.1 Å². The summed E-state index contributed by atoms with van der Waals surface area (Å²) in [5.74, 6) is -0.471. The average Bonchev–Trinajstić information content (AvgIpc) is 2.77. The Kier molecular flexibility index (Phi) is 5.55. The molecule has 1 N–H and O–H groups in total. The maximum Gasteiger partial charge on any atom is 0.243 e. The van der Waals surface area contributed by atoms with Gasteiger partial charge in [-0.3, -0.25) is 0 Å². The van der Waals surface area contributed by atoms with E-state index in [9.17, 15) is 17.2 Å². The summed E-state index contributed by atoms with van der Waals surface area (Å²) in [5.41, 5.74) is 0. The Labute approximate surface area is 172 Å². The Morgan fingerprint density at radius 2 is 1.67 bits per heavy atom. The van der Waals surface area contributed by atoms with Crippen molar-refractivity contribution in [3.05, 3.63) is 66.4 Å². The fraction of sp³-hybridized carbons (Fsp3) is 0.211. The van der Waals surface area contributed by atoms with Crippen molar-refractivity contribution < 1.29 is 17.2 Å². The summed E-state index contributed by atoms with van der Waals surface area (Å²) in [4.78, 5) is 5.80. The molecule has 1 aliphatic rings. The highest BCUT2D eigenvalue weighted by Crippen LogP contribution is 2.22. The van der Waals surface area contributed by atoms with Gasteiger partial charge < -0.3 is 10.2 Å². The number of pyridine rings is 1. The van der Waals surface area contributed by atoms with Crippen LogP contribution in [0.25, 0.3) is 0 Å². The summed E-state index contributed by atoms with van der Waals surface area (Å²) in [7, 11) is -3.90. The Balaban J connectivity index is 1.40. The molecule has 0 amide bonds. The van der Waals surface area contributed by atoms with Gasteiger partial charge in [-0.05, 0) is 42.5 Å². The number of hydrogen-bond donors (Lipinski definition) is 1. The number of aromatic nitrogens is 3. The van der Waals surface area contributed by atoms with Crippen LogP contribution in [0.5, 0.6) is 0 Å². The van der Waals surface area contributed by atoms with Crippen LogP contribution in [0, 0.1) is 11.6 Å². The zero-order valence-electron chi connectivity index (χ0n) is 15.7. The van der Waals surface area contributed by atoms with E-state index >= 15 is 0 Å². The molecule has 1 saturated heterocycles. The number of nitrogens with zero attached hydrogens (tertiary/aromatic N) is 5. The molecule has 4 rings (SSSR count). The van der Waals surface area contributed by atoms with Crippen LogP contribution in [0.4, 0.5) is 26.2 Å². The molecule has 0 bridgehead atoms. The highest BCUT2D eigenvalue weighted by molar-refractivity contribution is 7.89. The number of hydrogen-bond acceptors (Lipinski definition) is 7. The highest BCUT2D eigenvalue weighted by Gasteiger charge is 2.29. The second-order valence-corrected chi connectivity index (χ2v) is 8.52. The van der Waals surface area contributed by atoms with Crippen LogP contribution in [0.1, 0.15) is 0 Å². The molecule has 2 aromatic heterocycles. The largest absolute Gasteiger partial charge is 0.352 e. The summed E-state index contributed by atoms with van der Waals surface area (Å²) in [6.45, 7) is 1.17. The smallest absolute Gasteiger partial charge is 0.243 e. The molecule has 0 spiro atoms. The quantitative estimate of drug-likeness (QED) is 0.662. The fourth-order valence-electron chi connectivity index (χ4n) is 3.07. The van der Waals surface area contributed by atoms with E-state index in [1.807, 2.05) is 23.1 Å². The third-order valence-corrected chi connectivity index (χ3v) is 6.56. The first-order chi connectivity index (χ1) is 14.4. The Hall–Kier alpha value is -3.18. The number of piperazine rings is 1. The van der Waals surface area contributed by atoms with E-state index in [1.54, 1.807) is 18.3 Å². The second kappa shape index (κ2) is 8.28. The molecular weight excluding hydrogens is 414 g/mol. The van der Waals surface area contributed by atoms with E-state index in [4.69, 9.17) is 0 Å².